The number of aromatic nitrogens is 6. The van der Waals surface area contributed by atoms with Gasteiger partial charge in [0, 0.05) is 18.2 Å². The van der Waals surface area contributed by atoms with Gasteiger partial charge in [0.05, 0.1) is 22.6 Å². The van der Waals surface area contributed by atoms with E-state index in [1.807, 2.05) is 0 Å². The van der Waals surface area contributed by atoms with Gasteiger partial charge in [0.2, 0.25) is 5.76 Å². The van der Waals surface area contributed by atoms with Crippen molar-refractivity contribution in [3.05, 3.63) is 65.9 Å². The van der Waals surface area contributed by atoms with Crippen LogP contribution in [0.1, 0.15) is 34.7 Å². The molecular formula is C21H15F3N8O3. The molecular weight excluding hydrogens is 469 g/mol. The van der Waals surface area contributed by atoms with Crippen molar-refractivity contribution in [1.82, 2.24) is 35.6 Å². The zero-order valence-corrected chi connectivity index (χ0v) is 17.8. The Kier molecular flexibility index (Phi) is 5.39. The summed E-state index contributed by atoms with van der Waals surface area (Å²) >= 11 is 0. The monoisotopic (exact) mass is 484 g/mol. The highest BCUT2D eigenvalue weighted by Gasteiger charge is 2.31. The van der Waals surface area contributed by atoms with Crippen LogP contribution in [-0.2, 0) is 6.18 Å². The number of nitrogens with zero attached hydrogens (tertiary/aromatic N) is 5. The number of halogens is 3. The van der Waals surface area contributed by atoms with Crippen LogP contribution in [0.4, 0.5) is 24.8 Å². The van der Waals surface area contributed by atoms with Gasteiger partial charge in [0.1, 0.15) is 29.8 Å². The number of carbonyl (C=O) groups is 1. The number of fused-ring (bicyclic) bond motifs is 1. The largest absolute Gasteiger partial charge is 0.416 e. The number of hydrogen-bond donors (Lipinski definition) is 3. The number of imidazole rings is 1. The number of alkyl halides is 3. The summed E-state index contributed by atoms with van der Waals surface area (Å²) in [4.78, 5) is 27.7. The Bertz CT molecular complexity index is 1490. The highest BCUT2D eigenvalue weighted by Crippen LogP contribution is 2.32. The van der Waals surface area contributed by atoms with Crippen LogP contribution in [0.15, 0.2) is 58.0 Å². The molecule has 14 heteroatoms. The first-order valence-electron chi connectivity index (χ1n) is 10.1. The molecule has 0 spiro atoms. The average Bonchev–Trinajstić information content (AvgIpc) is 3.58. The molecule has 0 saturated carbocycles. The van der Waals surface area contributed by atoms with Gasteiger partial charge in [-0.2, -0.15) is 13.2 Å². The fraction of sp³-hybridized carbons (Fsp3) is 0.143. The molecule has 4 aromatic heterocycles. The molecule has 0 aliphatic carbocycles. The van der Waals surface area contributed by atoms with Crippen LogP contribution in [0.5, 0.6) is 0 Å². The summed E-state index contributed by atoms with van der Waals surface area (Å²) in [5, 5.41) is 13.3. The van der Waals surface area contributed by atoms with Crippen molar-refractivity contribution in [2.45, 2.75) is 19.1 Å². The summed E-state index contributed by atoms with van der Waals surface area (Å²) in [6, 6.07) is 7.17. The van der Waals surface area contributed by atoms with E-state index in [0.717, 1.165) is 12.1 Å². The van der Waals surface area contributed by atoms with E-state index >= 15 is 0 Å². The highest BCUT2D eigenvalue weighted by molar-refractivity contribution is 5.93. The van der Waals surface area contributed by atoms with E-state index in [0.29, 0.717) is 22.8 Å². The van der Waals surface area contributed by atoms with Crippen LogP contribution in [0.3, 0.4) is 0 Å². The van der Waals surface area contributed by atoms with Crippen molar-refractivity contribution in [2.24, 2.45) is 0 Å². The van der Waals surface area contributed by atoms with Crippen molar-refractivity contribution in [3.63, 3.8) is 0 Å². The molecule has 11 nitrogen and oxygen atoms in total. The number of carbonyl (C=O) groups excluding carboxylic acids is 1. The average molecular weight is 484 g/mol. The van der Waals surface area contributed by atoms with Gasteiger partial charge < -0.3 is 24.7 Å². The summed E-state index contributed by atoms with van der Waals surface area (Å²) in [6.07, 6.45) is -1.86. The van der Waals surface area contributed by atoms with Crippen LogP contribution in [0.2, 0.25) is 0 Å². The lowest BCUT2D eigenvalue weighted by Gasteiger charge is -2.10. The van der Waals surface area contributed by atoms with Gasteiger partial charge in [-0.05, 0) is 25.1 Å². The molecule has 4 heterocycles. The molecule has 1 aromatic carbocycles. The van der Waals surface area contributed by atoms with Gasteiger partial charge >= 0.3 is 6.18 Å². The van der Waals surface area contributed by atoms with Crippen LogP contribution in [0.25, 0.3) is 22.6 Å². The lowest BCUT2D eigenvalue weighted by atomic mass is 10.2. The fourth-order valence-electron chi connectivity index (χ4n) is 3.21. The van der Waals surface area contributed by atoms with Gasteiger partial charge in [-0.1, -0.05) is 10.3 Å². The molecule has 0 bridgehead atoms. The van der Waals surface area contributed by atoms with Crippen LogP contribution < -0.4 is 10.6 Å². The standard InChI is InChI=1S/C21H15F3N8O3/c1-10(27-20(33)15-8-18(26-9-25-15)30-17-4-5-34-32-17)13-7-16(35-31-13)19-28-12-3-2-11(21(22,23)24)6-14(12)29-19/h2-10H,1H3,(H,27,33)(H,28,29)(H,25,26,30,32)/t10-/m1/s1. The number of amides is 1. The molecule has 3 N–H and O–H groups in total. The first-order chi connectivity index (χ1) is 16.8. The first kappa shape index (κ1) is 22.1. The Balaban J connectivity index is 1.29. The summed E-state index contributed by atoms with van der Waals surface area (Å²) < 4.78 is 48.9. The molecule has 0 fully saturated rings. The molecule has 1 atom stereocenters. The van der Waals surface area contributed by atoms with E-state index in [2.05, 4.69) is 40.9 Å². The Hall–Kier alpha value is -4.75. The second kappa shape index (κ2) is 8.55. The maximum atomic E-state index is 13.0. The summed E-state index contributed by atoms with van der Waals surface area (Å²) in [5.74, 6) is 0.673. The van der Waals surface area contributed by atoms with E-state index in [9.17, 15) is 18.0 Å². The van der Waals surface area contributed by atoms with Crippen molar-refractivity contribution >= 4 is 28.6 Å². The quantitative estimate of drug-likeness (QED) is 0.322. The molecule has 0 aliphatic rings. The van der Waals surface area contributed by atoms with Gasteiger partial charge in [-0.3, -0.25) is 4.79 Å². The summed E-state index contributed by atoms with van der Waals surface area (Å²) in [5.41, 5.74) is 0.219. The van der Waals surface area contributed by atoms with Gasteiger partial charge in [-0.25, -0.2) is 15.0 Å². The number of anilines is 2. The van der Waals surface area contributed by atoms with Crippen molar-refractivity contribution in [3.8, 4) is 11.6 Å². The lowest BCUT2D eigenvalue weighted by molar-refractivity contribution is -0.137. The minimum atomic E-state index is -4.47. The van der Waals surface area contributed by atoms with Gasteiger partial charge in [0.15, 0.2) is 11.6 Å². The number of benzene rings is 1. The van der Waals surface area contributed by atoms with Crippen molar-refractivity contribution < 1.29 is 27.0 Å². The molecule has 1 amide bonds. The zero-order chi connectivity index (χ0) is 24.6. The van der Waals surface area contributed by atoms with Crippen LogP contribution in [-0.4, -0.2) is 36.2 Å². The maximum Gasteiger partial charge on any atom is 0.416 e. The molecule has 0 aliphatic heterocycles. The molecule has 5 rings (SSSR count). The Morgan fingerprint density at radius 2 is 1.94 bits per heavy atom. The number of H-pyrrole nitrogens is 1. The molecule has 178 valence electrons. The Morgan fingerprint density at radius 1 is 1.09 bits per heavy atom. The molecule has 0 unspecified atom stereocenters. The Morgan fingerprint density at radius 3 is 2.71 bits per heavy atom. The fourth-order valence-corrected chi connectivity index (χ4v) is 3.21. The third-order valence-electron chi connectivity index (χ3n) is 4.96. The molecule has 0 saturated heterocycles. The van der Waals surface area contributed by atoms with E-state index in [1.165, 1.54) is 30.8 Å². The third kappa shape index (κ3) is 4.66. The predicted molar refractivity (Wildman–Crippen MR) is 114 cm³/mol. The number of rotatable bonds is 6. The van der Waals surface area contributed by atoms with E-state index < -0.39 is 23.7 Å². The predicted octanol–water partition coefficient (Wildman–Crippen LogP) is 4.25. The number of aromatic amines is 1. The lowest BCUT2D eigenvalue weighted by Crippen LogP contribution is -2.27. The third-order valence-corrected chi connectivity index (χ3v) is 4.96. The highest BCUT2D eigenvalue weighted by atomic mass is 19.4. The second-order valence-corrected chi connectivity index (χ2v) is 7.42. The topological polar surface area (TPSA) is 148 Å². The van der Waals surface area contributed by atoms with Gasteiger partial charge in [0.25, 0.3) is 5.91 Å². The van der Waals surface area contributed by atoms with E-state index in [4.69, 9.17) is 9.05 Å². The second-order valence-electron chi connectivity index (χ2n) is 7.42. The summed E-state index contributed by atoms with van der Waals surface area (Å²) in [6.45, 7) is 1.68. The molecule has 35 heavy (non-hydrogen) atoms. The van der Waals surface area contributed by atoms with Crippen LogP contribution in [0, 0.1) is 0 Å². The minimum absolute atomic E-state index is 0.0966. The summed E-state index contributed by atoms with van der Waals surface area (Å²) in [7, 11) is 0. The SMILES string of the molecule is C[C@@H](NC(=O)c1cc(Nc2ccon2)ncn1)c1cc(-c2nc3ccc(C(F)(F)F)cc3[nH]2)on1. The zero-order valence-electron chi connectivity index (χ0n) is 17.8. The maximum absolute atomic E-state index is 13.0. The molecule has 0 radical (unpaired) electrons. The first-order valence-corrected chi connectivity index (χ1v) is 10.1. The smallest absolute Gasteiger partial charge is 0.363 e. The van der Waals surface area contributed by atoms with E-state index in [1.54, 1.807) is 13.0 Å². The van der Waals surface area contributed by atoms with Gasteiger partial charge in [-0.15, -0.1) is 0 Å². The van der Waals surface area contributed by atoms with Crippen molar-refractivity contribution in [2.75, 3.05) is 5.32 Å². The minimum Gasteiger partial charge on any atom is -0.363 e. The van der Waals surface area contributed by atoms with E-state index in [-0.39, 0.29) is 22.8 Å². The normalized spacial score (nSPS) is 12.6. The van der Waals surface area contributed by atoms with Crippen molar-refractivity contribution in [1.29, 1.82) is 0 Å². The molecule has 5 aromatic rings. The number of hydrogen-bond acceptors (Lipinski definition) is 9. The number of nitrogens with one attached hydrogen (secondary N) is 3. The van der Waals surface area contributed by atoms with Crippen LogP contribution >= 0.6 is 0 Å². The Labute approximate surface area is 193 Å².